The van der Waals surface area contributed by atoms with Crippen molar-refractivity contribution in [3.8, 4) is 0 Å². The van der Waals surface area contributed by atoms with Gasteiger partial charge in [-0.25, -0.2) is 0 Å². The van der Waals surface area contributed by atoms with Crippen LogP contribution in [0, 0.1) is 5.92 Å². The number of carbonyl (C=O) groups is 1. The van der Waals surface area contributed by atoms with E-state index in [0.29, 0.717) is 24.4 Å². The van der Waals surface area contributed by atoms with E-state index in [9.17, 15) is 15.0 Å². The van der Waals surface area contributed by atoms with Gasteiger partial charge >= 0.3 is 0 Å². The summed E-state index contributed by atoms with van der Waals surface area (Å²) in [6, 6.07) is 0. The van der Waals surface area contributed by atoms with Crippen molar-refractivity contribution >= 4 is 5.91 Å². The van der Waals surface area contributed by atoms with E-state index in [0.717, 1.165) is 12.0 Å². The van der Waals surface area contributed by atoms with Crippen molar-refractivity contribution in [2.24, 2.45) is 5.92 Å². The molecule has 0 spiro atoms. The second-order valence-electron chi connectivity index (χ2n) is 6.15. The Bertz CT molecular complexity index is 492. The molecule has 5 heteroatoms. The minimum Gasteiger partial charge on any atom is -0.392 e. The Hall–Kier alpha value is -1.59. The predicted molar refractivity (Wildman–Crippen MR) is 87.6 cm³/mol. The highest BCUT2D eigenvalue weighted by atomic mass is 16.3. The minimum absolute atomic E-state index is 0.0953. The predicted octanol–water partition coefficient (Wildman–Crippen LogP) is 1.90. The molecule has 1 heterocycles. The third kappa shape index (κ3) is 4.71. The Morgan fingerprint density at radius 2 is 2.23 bits per heavy atom. The number of hydrogen-bond acceptors (Lipinski definition) is 4. The minimum atomic E-state index is -0.939. The van der Waals surface area contributed by atoms with E-state index in [2.05, 4.69) is 11.9 Å². The summed E-state index contributed by atoms with van der Waals surface area (Å²) in [5.74, 6) is 0.501. The van der Waals surface area contributed by atoms with Gasteiger partial charge in [0.1, 0.15) is 5.82 Å². The number of amides is 1. The average molecular weight is 308 g/mol. The van der Waals surface area contributed by atoms with Crippen LogP contribution < -0.4 is 5.32 Å². The fraction of sp³-hybridized carbons (Fsp3) is 0.588. The van der Waals surface area contributed by atoms with Crippen molar-refractivity contribution < 1.29 is 15.0 Å². The molecule has 0 radical (unpaired) electrons. The van der Waals surface area contributed by atoms with Crippen LogP contribution in [0.4, 0.5) is 0 Å². The highest BCUT2D eigenvalue weighted by Gasteiger charge is 2.25. The summed E-state index contributed by atoms with van der Waals surface area (Å²) in [7, 11) is 0. The zero-order chi connectivity index (χ0) is 16.9. The van der Waals surface area contributed by atoms with E-state index in [1.807, 2.05) is 18.7 Å². The fourth-order valence-electron chi connectivity index (χ4n) is 2.30. The molecule has 1 aliphatic heterocycles. The maximum Gasteiger partial charge on any atom is 0.253 e. The lowest BCUT2D eigenvalue weighted by molar-refractivity contribution is -0.117. The smallest absolute Gasteiger partial charge is 0.253 e. The summed E-state index contributed by atoms with van der Waals surface area (Å²) in [5.41, 5.74) is 0.459. The lowest BCUT2D eigenvalue weighted by Gasteiger charge is -2.30. The van der Waals surface area contributed by atoms with Crippen LogP contribution in [0.1, 0.15) is 40.5 Å². The van der Waals surface area contributed by atoms with Gasteiger partial charge in [0, 0.05) is 18.3 Å². The Kier molecular flexibility index (Phi) is 6.38. The van der Waals surface area contributed by atoms with E-state index < -0.39 is 5.60 Å². The van der Waals surface area contributed by atoms with Gasteiger partial charge in [0.25, 0.3) is 5.91 Å². The lowest BCUT2D eigenvalue weighted by atomic mass is 9.86. The Morgan fingerprint density at radius 1 is 1.59 bits per heavy atom. The maximum atomic E-state index is 11.5. The number of nitrogens with one attached hydrogen (secondary N) is 1. The molecule has 0 aromatic rings. The molecular weight excluding hydrogens is 280 g/mol. The highest BCUT2D eigenvalue weighted by Crippen LogP contribution is 2.24. The number of aliphatic hydroxyl groups is 2. The molecule has 124 valence electrons. The molecule has 0 bridgehead atoms. The van der Waals surface area contributed by atoms with Crippen molar-refractivity contribution in [2.45, 2.75) is 46.1 Å². The van der Waals surface area contributed by atoms with E-state index in [1.54, 1.807) is 26.1 Å². The third-order valence-corrected chi connectivity index (χ3v) is 4.30. The van der Waals surface area contributed by atoms with Gasteiger partial charge in [-0.15, -0.1) is 0 Å². The standard InChI is InChI=1S/C17H28N2O3/c1-6-13(3)17(5,22)9-15(11-20)7-8-19-10-12(2)16(21)18-14(19)4/h9-10,13,20,22H,4,6-8,11H2,1-3,5H3,(H,18,21). The summed E-state index contributed by atoms with van der Waals surface area (Å²) in [4.78, 5) is 13.3. The Balaban J connectivity index is 2.76. The molecule has 0 aromatic carbocycles. The summed E-state index contributed by atoms with van der Waals surface area (Å²) in [6.07, 6.45) is 4.95. The molecule has 1 rings (SSSR count). The maximum absolute atomic E-state index is 11.5. The monoisotopic (exact) mass is 308 g/mol. The van der Waals surface area contributed by atoms with Gasteiger partial charge in [0.15, 0.2) is 0 Å². The molecule has 5 nitrogen and oxygen atoms in total. The molecule has 0 aromatic heterocycles. The summed E-state index contributed by atoms with van der Waals surface area (Å²) in [6.45, 7) is 11.8. The SMILES string of the molecule is C=C1NC(=O)C(C)=CN1CCC(=CC(C)(O)C(C)CC)CO. The first-order valence-electron chi connectivity index (χ1n) is 7.70. The lowest BCUT2D eigenvalue weighted by Crippen LogP contribution is -2.38. The number of carbonyl (C=O) groups excluding carboxylic acids is 1. The third-order valence-electron chi connectivity index (χ3n) is 4.30. The topological polar surface area (TPSA) is 72.8 Å². The van der Waals surface area contributed by atoms with Gasteiger partial charge in [0.05, 0.1) is 12.2 Å². The molecule has 1 aliphatic rings. The van der Waals surface area contributed by atoms with Crippen molar-refractivity contribution in [3.05, 3.63) is 35.8 Å². The fourth-order valence-corrected chi connectivity index (χ4v) is 2.30. The largest absolute Gasteiger partial charge is 0.392 e. The summed E-state index contributed by atoms with van der Waals surface area (Å²) < 4.78 is 0. The Labute approximate surface area is 133 Å². The molecule has 1 amide bonds. The van der Waals surface area contributed by atoms with Crippen LogP contribution in [0.3, 0.4) is 0 Å². The van der Waals surface area contributed by atoms with E-state index >= 15 is 0 Å². The zero-order valence-corrected chi connectivity index (χ0v) is 14.0. The van der Waals surface area contributed by atoms with Gasteiger partial charge < -0.3 is 20.4 Å². The van der Waals surface area contributed by atoms with Crippen LogP contribution in [0.2, 0.25) is 0 Å². The molecule has 22 heavy (non-hydrogen) atoms. The van der Waals surface area contributed by atoms with Crippen LogP contribution in [-0.2, 0) is 4.79 Å². The number of aliphatic hydroxyl groups excluding tert-OH is 1. The van der Waals surface area contributed by atoms with Crippen LogP contribution in [0.5, 0.6) is 0 Å². The first kappa shape index (κ1) is 18.5. The average Bonchev–Trinajstić information content (AvgIpc) is 2.46. The molecule has 0 saturated carbocycles. The number of nitrogens with zero attached hydrogens (tertiary/aromatic N) is 1. The van der Waals surface area contributed by atoms with Crippen LogP contribution in [-0.4, -0.2) is 39.8 Å². The number of hydrogen-bond donors (Lipinski definition) is 3. The van der Waals surface area contributed by atoms with Crippen molar-refractivity contribution in [1.82, 2.24) is 10.2 Å². The second-order valence-corrected chi connectivity index (χ2v) is 6.15. The van der Waals surface area contributed by atoms with Crippen molar-refractivity contribution in [3.63, 3.8) is 0 Å². The van der Waals surface area contributed by atoms with E-state index in [1.165, 1.54) is 0 Å². The summed E-state index contributed by atoms with van der Waals surface area (Å²) >= 11 is 0. The van der Waals surface area contributed by atoms with Gasteiger partial charge in [-0.2, -0.15) is 0 Å². The zero-order valence-electron chi connectivity index (χ0n) is 14.0. The van der Waals surface area contributed by atoms with Crippen molar-refractivity contribution in [2.75, 3.05) is 13.2 Å². The molecule has 2 atom stereocenters. The van der Waals surface area contributed by atoms with Gasteiger partial charge in [-0.05, 0) is 31.8 Å². The molecule has 0 aliphatic carbocycles. The molecule has 0 saturated heterocycles. The summed E-state index contributed by atoms with van der Waals surface area (Å²) in [5, 5.41) is 22.7. The van der Waals surface area contributed by atoms with E-state index in [-0.39, 0.29) is 18.4 Å². The van der Waals surface area contributed by atoms with Crippen molar-refractivity contribution in [1.29, 1.82) is 0 Å². The molecule has 0 fully saturated rings. The first-order chi connectivity index (χ1) is 10.2. The van der Waals surface area contributed by atoms with Crippen LogP contribution >= 0.6 is 0 Å². The second kappa shape index (κ2) is 7.61. The Morgan fingerprint density at radius 3 is 2.77 bits per heavy atom. The normalized spacial score (nSPS) is 20.4. The van der Waals surface area contributed by atoms with Crippen LogP contribution in [0.15, 0.2) is 35.8 Å². The quantitative estimate of drug-likeness (QED) is 0.628. The van der Waals surface area contributed by atoms with Crippen LogP contribution in [0.25, 0.3) is 0 Å². The highest BCUT2D eigenvalue weighted by molar-refractivity contribution is 5.94. The molecule has 2 unspecified atom stereocenters. The number of rotatable bonds is 7. The van der Waals surface area contributed by atoms with Gasteiger partial charge in [0.2, 0.25) is 0 Å². The first-order valence-corrected chi connectivity index (χ1v) is 7.70. The van der Waals surface area contributed by atoms with E-state index in [4.69, 9.17) is 0 Å². The molecular formula is C17H28N2O3. The van der Waals surface area contributed by atoms with Gasteiger partial charge in [-0.1, -0.05) is 32.9 Å². The van der Waals surface area contributed by atoms with Gasteiger partial charge in [-0.3, -0.25) is 4.79 Å². The molecule has 3 N–H and O–H groups in total.